The molecule has 0 bridgehead atoms. The van der Waals surface area contributed by atoms with E-state index in [2.05, 4.69) is 26.6 Å². The van der Waals surface area contributed by atoms with Gasteiger partial charge in [0.05, 0.1) is 13.2 Å². The summed E-state index contributed by atoms with van der Waals surface area (Å²) in [5, 5.41) is 15.4. The molecule has 0 radical (unpaired) electrons. The van der Waals surface area contributed by atoms with Gasteiger partial charge in [-0.1, -0.05) is 34.1 Å². The van der Waals surface area contributed by atoms with Crippen molar-refractivity contribution in [3.05, 3.63) is 58.1 Å². The maximum absolute atomic E-state index is 12.0. The van der Waals surface area contributed by atoms with Crippen molar-refractivity contribution in [1.29, 1.82) is 0 Å². The lowest BCUT2D eigenvalue weighted by molar-refractivity contribution is 0.237. The normalized spacial score (nSPS) is 11.6. The van der Waals surface area contributed by atoms with Gasteiger partial charge in [0.2, 0.25) is 0 Å². The van der Waals surface area contributed by atoms with Crippen LogP contribution in [0.3, 0.4) is 0 Å². The number of benzene rings is 2. The number of carbonyl (C=O) groups is 1. The number of rotatable bonds is 5. The van der Waals surface area contributed by atoms with Crippen LogP contribution in [-0.2, 0) is 6.54 Å². The van der Waals surface area contributed by atoms with Gasteiger partial charge in [0.1, 0.15) is 0 Å². The molecule has 122 valence electrons. The standard InChI is InChI=1S/C17H19BrN2O3/c1-11(13-4-3-5-14(18)9-13)20-17(22)19-10-12-6-7-16(23-2)15(21)8-12/h3-9,11,21H,10H2,1-2H3,(H2,19,20,22). The summed E-state index contributed by atoms with van der Waals surface area (Å²) in [5.74, 6) is 0.455. The van der Waals surface area contributed by atoms with Crippen molar-refractivity contribution in [3.8, 4) is 11.5 Å². The molecular formula is C17H19BrN2O3. The summed E-state index contributed by atoms with van der Waals surface area (Å²) in [4.78, 5) is 12.0. The fourth-order valence-electron chi connectivity index (χ4n) is 2.13. The second kappa shape index (κ2) is 7.87. The molecule has 0 aliphatic heterocycles. The first-order valence-corrected chi connectivity index (χ1v) is 7.94. The molecule has 2 aromatic carbocycles. The molecule has 1 atom stereocenters. The summed E-state index contributed by atoms with van der Waals surface area (Å²) in [5.41, 5.74) is 1.80. The molecule has 0 saturated carbocycles. The molecule has 5 nitrogen and oxygen atoms in total. The van der Waals surface area contributed by atoms with Gasteiger partial charge in [-0.25, -0.2) is 4.79 Å². The summed E-state index contributed by atoms with van der Waals surface area (Å²) in [6, 6.07) is 12.4. The van der Waals surface area contributed by atoms with E-state index < -0.39 is 0 Å². The van der Waals surface area contributed by atoms with E-state index in [4.69, 9.17) is 4.74 Å². The van der Waals surface area contributed by atoms with Crippen molar-refractivity contribution < 1.29 is 14.6 Å². The minimum Gasteiger partial charge on any atom is -0.504 e. The highest BCUT2D eigenvalue weighted by Crippen LogP contribution is 2.26. The quantitative estimate of drug-likeness (QED) is 0.742. The van der Waals surface area contributed by atoms with Gasteiger partial charge < -0.3 is 20.5 Å². The molecule has 6 heteroatoms. The first-order valence-electron chi connectivity index (χ1n) is 7.15. The Labute approximate surface area is 143 Å². The number of aromatic hydroxyl groups is 1. The summed E-state index contributed by atoms with van der Waals surface area (Å²) in [6.45, 7) is 2.23. The van der Waals surface area contributed by atoms with Gasteiger partial charge in [-0.3, -0.25) is 0 Å². The predicted molar refractivity (Wildman–Crippen MR) is 92.6 cm³/mol. The molecule has 0 saturated heterocycles. The first-order chi connectivity index (χ1) is 11.0. The third kappa shape index (κ3) is 4.89. The fraction of sp³-hybridized carbons (Fsp3) is 0.235. The van der Waals surface area contributed by atoms with E-state index in [1.807, 2.05) is 31.2 Å². The number of nitrogens with one attached hydrogen (secondary N) is 2. The van der Waals surface area contributed by atoms with Crippen LogP contribution in [0.5, 0.6) is 11.5 Å². The van der Waals surface area contributed by atoms with Gasteiger partial charge in [-0.2, -0.15) is 0 Å². The highest BCUT2D eigenvalue weighted by molar-refractivity contribution is 9.10. The summed E-state index contributed by atoms with van der Waals surface area (Å²) >= 11 is 3.41. The molecular weight excluding hydrogens is 360 g/mol. The average Bonchev–Trinajstić information content (AvgIpc) is 2.53. The number of phenolic OH excluding ortho intramolecular Hbond substituents is 1. The highest BCUT2D eigenvalue weighted by atomic mass is 79.9. The number of amides is 2. The Morgan fingerprint density at radius 3 is 2.74 bits per heavy atom. The summed E-state index contributed by atoms with van der Waals surface area (Å²) in [6.07, 6.45) is 0. The van der Waals surface area contributed by atoms with Crippen LogP contribution in [0.15, 0.2) is 46.9 Å². The fourth-order valence-corrected chi connectivity index (χ4v) is 2.55. The number of phenols is 1. The SMILES string of the molecule is COc1ccc(CNC(=O)NC(C)c2cccc(Br)c2)cc1O. The number of carbonyl (C=O) groups excluding carboxylic acids is 1. The Bertz CT molecular complexity index is 691. The lowest BCUT2D eigenvalue weighted by Gasteiger charge is -2.15. The Morgan fingerprint density at radius 1 is 1.30 bits per heavy atom. The lowest BCUT2D eigenvalue weighted by atomic mass is 10.1. The average molecular weight is 379 g/mol. The number of hydrogen-bond donors (Lipinski definition) is 3. The zero-order chi connectivity index (χ0) is 16.8. The van der Waals surface area contributed by atoms with Gasteiger partial charge in [-0.05, 0) is 42.3 Å². The topological polar surface area (TPSA) is 70.6 Å². The van der Waals surface area contributed by atoms with Crippen LogP contribution in [0, 0.1) is 0 Å². The molecule has 0 heterocycles. The minimum absolute atomic E-state index is 0.0507. The molecule has 2 rings (SSSR count). The van der Waals surface area contributed by atoms with E-state index in [0.29, 0.717) is 12.3 Å². The van der Waals surface area contributed by atoms with E-state index in [1.165, 1.54) is 7.11 Å². The van der Waals surface area contributed by atoms with Gasteiger partial charge in [0.15, 0.2) is 11.5 Å². The lowest BCUT2D eigenvalue weighted by Crippen LogP contribution is -2.36. The van der Waals surface area contributed by atoms with E-state index in [-0.39, 0.29) is 17.8 Å². The summed E-state index contributed by atoms with van der Waals surface area (Å²) in [7, 11) is 1.49. The van der Waals surface area contributed by atoms with Crippen LogP contribution in [0.25, 0.3) is 0 Å². The van der Waals surface area contributed by atoms with E-state index >= 15 is 0 Å². The number of methoxy groups -OCH3 is 1. The second-order valence-corrected chi connectivity index (χ2v) is 6.03. The van der Waals surface area contributed by atoms with Gasteiger partial charge in [0.25, 0.3) is 0 Å². The Kier molecular flexibility index (Phi) is 5.87. The molecule has 2 aromatic rings. The molecule has 1 unspecified atom stereocenters. The van der Waals surface area contributed by atoms with Crippen molar-refractivity contribution in [2.24, 2.45) is 0 Å². The van der Waals surface area contributed by atoms with Crippen LogP contribution >= 0.6 is 15.9 Å². The van der Waals surface area contributed by atoms with Crippen molar-refractivity contribution in [1.82, 2.24) is 10.6 Å². The smallest absolute Gasteiger partial charge is 0.315 e. The molecule has 3 N–H and O–H groups in total. The molecule has 0 aliphatic carbocycles. The molecule has 23 heavy (non-hydrogen) atoms. The van der Waals surface area contributed by atoms with Crippen molar-refractivity contribution in [2.45, 2.75) is 19.5 Å². The first kappa shape index (κ1) is 17.1. The highest BCUT2D eigenvalue weighted by Gasteiger charge is 2.10. The second-order valence-electron chi connectivity index (χ2n) is 5.11. The van der Waals surface area contributed by atoms with E-state index in [9.17, 15) is 9.90 Å². The number of hydrogen-bond acceptors (Lipinski definition) is 3. The number of halogens is 1. The predicted octanol–water partition coefficient (Wildman–Crippen LogP) is 3.72. The van der Waals surface area contributed by atoms with Crippen LogP contribution in [0.1, 0.15) is 24.1 Å². The van der Waals surface area contributed by atoms with Gasteiger partial charge >= 0.3 is 6.03 Å². The molecule has 0 spiro atoms. The maximum atomic E-state index is 12.0. The molecule has 0 fully saturated rings. The Balaban J connectivity index is 1.88. The minimum atomic E-state index is -0.271. The van der Waals surface area contributed by atoms with Crippen LogP contribution in [0.4, 0.5) is 4.79 Å². The molecule has 2 amide bonds. The van der Waals surface area contributed by atoms with Crippen molar-refractivity contribution >= 4 is 22.0 Å². The van der Waals surface area contributed by atoms with Crippen LogP contribution < -0.4 is 15.4 Å². The van der Waals surface area contributed by atoms with Gasteiger partial charge in [0, 0.05) is 11.0 Å². The Hall–Kier alpha value is -2.21. The monoisotopic (exact) mass is 378 g/mol. The third-order valence-corrected chi connectivity index (χ3v) is 3.89. The van der Waals surface area contributed by atoms with Gasteiger partial charge in [-0.15, -0.1) is 0 Å². The van der Waals surface area contributed by atoms with Crippen molar-refractivity contribution in [3.63, 3.8) is 0 Å². The van der Waals surface area contributed by atoms with E-state index in [0.717, 1.165) is 15.6 Å². The van der Waals surface area contributed by atoms with E-state index in [1.54, 1.807) is 18.2 Å². The largest absolute Gasteiger partial charge is 0.504 e. The third-order valence-electron chi connectivity index (χ3n) is 3.39. The maximum Gasteiger partial charge on any atom is 0.315 e. The zero-order valence-electron chi connectivity index (χ0n) is 13.0. The summed E-state index contributed by atoms with van der Waals surface area (Å²) < 4.78 is 5.95. The number of urea groups is 1. The zero-order valence-corrected chi connectivity index (χ0v) is 14.6. The Morgan fingerprint density at radius 2 is 2.09 bits per heavy atom. The molecule has 0 aliphatic rings. The van der Waals surface area contributed by atoms with Crippen LogP contribution in [-0.4, -0.2) is 18.2 Å². The number of ether oxygens (including phenoxy) is 1. The molecule has 0 aromatic heterocycles. The van der Waals surface area contributed by atoms with Crippen LogP contribution in [0.2, 0.25) is 0 Å². The van der Waals surface area contributed by atoms with Crippen molar-refractivity contribution in [2.75, 3.05) is 7.11 Å².